The van der Waals surface area contributed by atoms with E-state index in [4.69, 9.17) is 9.84 Å². The average molecular weight is 265 g/mol. The standard InChI is InChI=1S/C12H12FN3O3/c1-15(12(17)18)11-10-8-6-7(13)2-3-9(8)14-16(10)4-5-19-11/h2-3,6,11H,4-5H2,1H3,(H,17,18). The molecule has 0 saturated heterocycles. The Hall–Kier alpha value is -2.15. The lowest BCUT2D eigenvalue weighted by atomic mass is 10.1. The van der Waals surface area contributed by atoms with Crippen molar-refractivity contribution in [1.29, 1.82) is 0 Å². The minimum atomic E-state index is -1.11. The molecule has 1 unspecified atom stereocenters. The maximum absolute atomic E-state index is 13.4. The first-order valence-electron chi connectivity index (χ1n) is 5.81. The van der Waals surface area contributed by atoms with Gasteiger partial charge in [-0.05, 0) is 18.2 Å². The van der Waals surface area contributed by atoms with Crippen molar-refractivity contribution in [3.8, 4) is 0 Å². The molecule has 6 nitrogen and oxygen atoms in total. The molecule has 3 rings (SSSR count). The van der Waals surface area contributed by atoms with E-state index in [-0.39, 0.29) is 5.82 Å². The van der Waals surface area contributed by atoms with Crippen molar-refractivity contribution in [2.75, 3.05) is 13.7 Å². The molecule has 1 aliphatic heterocycles. The van der Waals surface area contributed by atoms with Gasteiger partial charge in [0.2, 0.25) is 0 Å². The van der Waals surface area contributed by atoms with Gasteiger partial charge in [-0.15, -0.1) is 0 Å². The van der Waals surface area contributed by atoms with Crippen LogP contribution in [0.4, 0.5) is 9.18 Å². The summed E-state index contributed by atoms with van der Waals surface area (Å²) in [4.78, 5) is 12.1. The predicted molar refractivity (Wildman–Crippen MR) is 64.2 cm³/mol. The molecule has 0 aliphatic carbocycles. The van der Waals surface area contributed by atoms with Crippen LogP contribution in [0.5, 0.6) is 0 Å². The molecule has 1 aliphatic rings. The van der Waals surface area contributed by atoms with Gasteiger partial charge in [-0.25, -0.2) is 9.18 Å². The molecule has 19 heavy (non-hydrogen) atoms. The van der Waals surface area contributed by atoms with Crippen molar-refractivity contribution in [2.24, 2.45) is 0 Å². The number of halogens is 1. The maximum atomic E-state index is 13.4. The van der Waals surface area contributed by atoms with Crippen LogP contribution in [0.3, 0.4) is 0 Å². The molecule has 1 aromatic carbocycles. The Morgan fingerprint density at radius 2 is 2.42 bits per heavy atom. The normalized spacial score (nSPS) is 18.3. The SMILES string of the molecule is CN(C(=O)O)C1OCCn2nc3ccc(F)cc3c21. The number of aromatic nitrogens is 2. The highest BCUT2D eigenvalue weighted by atomic mass is 19.1. The Morgan fingerprint density at radius 1 is 1.63 bits per heavy atom. The Bertz CT molecular complexity index is 655. The quantitative estimate of drug-likeness (QED) is 0.854. The third-order valence-corrected chi connectivity index (χ3v) is 3.21. The molecule has 1 aromatic heterocycles. The molecule has 2 aromatic rings. The highest BCUT2D eigenvalue weighted by Gasteiger charge is 2.31. The van der Waals surface area contributed by atoms with Crippen molar-refractivity contribution in [3.05, 3.63) is 29.7 Å². The molecule has 2 heterocycles. The van der Waals surface area contributed by atoms with Gasteiger partial charge in [0.15, 0.2) is 6.23 Å². The van der Waals surface area contributed by atoms with Crippen LogP contribution in [0.2, 0.25) is 0 Å². The number of benzene rings is 1. The fourth-order valence-corrected chi connectivity index (χ4v) is 2.28. The molecule has 0 radical (unpaired) electrons. The fourth-order valence-electron chi connectivity index (χ4n) is 2.28. The Morgan fingerprint density at radius 3 is 3.16 bits per heavy atom. The first kappa shape index (κ1) is 11.9. The minimum Gasteiger partial charge on any atom is -0.465 e. The number of nitrogens with zero attached hydrogens (tertiary/aromatic N) is 3. The molecular weight excluding hydrogens is 253 g/mol. The number of hydrogen-bond donors (Lipinski definition) is 1. The number of amides is 1. The Labute approximate surface area is 108 Å². The summed E-state index contributed by atoms with van der Waals surface area (Å²) in [5.41, 5.74) is 1.20. The second kappa shape index (κ2) is 4.20. The van der Waals surface area contributed by atoms with Crippen LogP contribution in [-0.2, 0) is 11.3 Å². The fraction of sp³-hybridized carbons (Fsp3) is 0.333. The van der Waals surface area contributed by atoms with Gasteiger partial charge in [-0.3, -0.25) is 9.58 Å². The van der Waals surface area contributed by atoms with E-state index < -0.39 is 12.3 Å². The zero-order valence-corrected chi connectivity index (χ0v) is 10.2. The zero-order valence-electron chi connectivity index (χ0n) is 10.2. The van der Waals surface area contributed by atoms with E-state index in [2.05, 4.69) is 5.10 Å². The van der Waals surface area contributed by atoms with Crippen LogP contribution >= 0.6 is 0 Å². The van der Waals surface area contributed by atoms with Crippen LogP contribution in [0.25, 0.3) is 10.9 Å². The first-order chi connectivity index (χ1) is 9.08. The summed E-state index contributed by atoms with van der Waals surface area (Å²) in [6.45, 7) is 0.890. The molecular formula is C12H12FN3O3. The first-order valence-corrected chi connectivity index (χ1v) is 5.81. The van der Waals surface area contributed by atoms with Gasteiger partial charge in [0.1, 0.15) is 5.82 Å². The van der Waals surface area contributed by atoms with E-state index in [9.17, 15) is 9.18 Å². The van der Waals surface area contributed by atoms with Crippen molar-refractivity contribution >= 4 is 17.0 Å². The number of ether oxygens (including phenoxy) is 1. The number of fused-ring (bicyclic) bond motifs is 3. The molecule has 1 atom stereocenters. The van der Waals surface area contributed by atoms with Crippen molar-refractivity contribution in [3.63, 3.8) is 0 Å². The summed E-state index contributed by atoms with van der Waals surface area (Å²) in [5.74, 6) is -0.384. The van der Waals surface area contributed by atoms with E-state index in [0.29, 0.717) is 29.7 Å². The summed E-state index contributed by atoms with van der Waals surface area (Å²) in [6.07, 6.45) is -1.87. The largest absolute Gasteiger partial charge is 0.465 e. The molecule has 7 heteroatoms. The number of carboxylic acid groups (broad SMARTS) is 1. The molecule has 0 fully saturated rings. The van der Waals surface area contributed by atoms with Crippen LogP contribution in [0, 0.1) is 5.82 Å². The van der Waals surface area contributed by atoms with E-state index in [1.807, 2.05) is 0 Å². The molecule has 1 N–H and O–H groups in total. The number of rotatable bonds is 1. The lowest BCUT2D eigenvalue weighted by molar-refractivity contribution is -0.0636. The summed E-state index contributed by atoms with van der Waals surface area (Å²) in [6, 6.07) is 4.26. The van der Waals surface area contributed by atoms with E-state index >= 15 is 0 Å². The van der Waals surface area contributed by atoms with Gasteiger partial charge < -0.3 is 9.84 Å². The van der Waals surface area contributed by atoms with Gasteiger partial charge >= 0.3 is 6.09 Å². The van der Waals surface area contributed by atoms with E-state index in [1.54, 1.807) is 10.7 Å². The van der Waals surface area contributed by atoms with Gasteiger partial charge in [0.25, 0.3) is 0 Å². The average Bonchev–Trinajstić information content (AvgIpc) is 2.75. The predicted octanol–water partition coefficient (Wildman–Crippen LogP) is 1.81. The van der Waals surface area contributed by atoms with Crippen LogP contribution in [0.15, 0.2) is 18.2 Å². The maximum Gasteiger partial charge on any atom is 0.409 e. The second-order valence-electron chi connectivity index (χ2n) is 4.39. The third-order valence-electron chi connectivity index (χ3n) is 3.21. The van der Waals surface area contributed by atoms with Gasteiger partial charge in [0.05, 0.1) is 24.4 Å². The van der Waals surface area contributed by atoms with Crippen molar-refractivity contribution in [2.45, 2.75) is 12.8 Å². The highest BCUT2D eigenvalue weighted by Crippen LogP contribution is 2.31. The monoisotopic (exact) mass is 265 g/mol. The zero-order chi connectivity index (χ0) is 13.6. The third kappa shape index (κ3) is 1.82. The van der Waals surface area contributed by atoms with Gasteiger partial charge in [-0.1, -0.05) is 0 Å². The lowest BCUT2D eigenvalue weighted by Gasteiger charge is -2.30. The summed E-state index contributed by atoms with van der Waals surface area (Å²) >= 11 is 0. The second-order valence-corrected chi connectivity index (χ2v) is 4.39. The van der Waals surface area contributed by atoms with Gasteiger partial charge in [-0.2, -0.15) is 5.10 Å². The minimum absolute atomic E-state index is 0.367. The molecule has 1 amide bonds. The van der Waals surface area contributed by atoms with Crippen molar-refractivity contribution in [1.82, 2.24) is 14.7 Å². The molecule has 0 saturated carbocycles. The number of carbonyl (C=O) groups is 1. The van der Waals surface area contributed by atoms with Crippen molar-refractivity contribution < 1.29 is 19.0 Å². The molecule has 0 spiro atoms. The van der Waals surface area contributed by atoms with E-state index in [1.165, 1.54) is 19.2 Å². The van der Waals surface area contributed by atoms with E-state index in [0.717, 1.165) is 4.90 Å². The Kier molecular flexibility index (Phi) is 2.63. The van der Waals surface area contributed by atoms with Gasteiger partial charge in [0, 0.05) is 12.4 Å². The summed E-state index contributed by atoms with van der Waals surface area (Å²) < 4.78 is 20.5. The molecule has 100 valence electrons. The highest BCUT2D eigenvalue weighted by molar-refractivity contribution is 5.82. The number of hydrogen-bond acceptors (Lipinski definition) is 3. The summed E-state index contributed by atoms with van der Waals surface area (Å²) in [5, 5.41) is 14.0. The van der Waals surface area contributed by atoms with Crippen LogP contribution < -0.4 is 0 Å². The lowest BCUT2D eigenvalue weighted by Crippen LogP contribution is -2.36. The molecule has 0 bridgehead atoms. The topological polar surface area (TPSA) is 67.6 Å². The summed E-state index contributed by atoms with van der Waals surface area (Å²) in [7, 11) is 1.42. The van der Waals surface area contributed by atoms with Crippen LogP contribution in [-0.4, -0.2) is 39.5 Å². The smallest absolute Gasteiger partial charge is 0.409 e. The van der Waals surface area contributed by atoms with Crippen LogP contribution in [0.1, 0.15) is 11.9 Å². The Balaban J connectivity index is 2.19.